The van der Waals surface area contributed by atoms with Crippen LogP contribution in [0.5, 0.6) is 0 Å². The van der Waals surface area contributed by atoms with Crippen LogP contribution in [0.2, 0.25) is 0 Å². The smallest absolute Gasteiger partial charge is 0.225 e. The molecule has 0 radical (unpaired) electrons. The maximum absolute atomic E-state index is 12.3. The Balaban J connectivity index is 1.51. The van der Waals surface area contributed by atoms with E-state index in [1.54, 1.807) is 12.3 Å². The number of hydrogen-bond donors (Lipinski definition) is 1. The van der Waals surface area contributed by atoms with Crippen molar-refractivity contribution in [3.05, 3.63) is 96.3 Å². The molecule has 0 aliphatic carbocycles. The molecule has 4 rings (SSSR count). The van der Waals surface area contributed by atoms with E-state index < -0.39 is 0 Å². The minimum absolute atomic E-state index is 0.0198. The fourth-order valence-corrected chi connectivity index (χ4v) is 3.32. The molecule has 1 amide bonds. The lowest BCUT2D eigenvalue weighted by Crippen LogP contribution is -2.13. The first-order chi connectivity index (χ1) is 13.3. The molecule has 2 aromatic carbocycles. The van der Waals surface area contributed by atoms with E-state index >= 15 is 0 Å². The van der Waals surface area contributed by atoms with Gasteiger partial charge in [0.15, 0.2) is 0 Å². The predicted octanol–water partition coefficient (Wildman–Crippen LogP) is 4.66. The Kier molecular flexibility index (Phi) is 4.97. The van der Waals surface area contributed by atoms with E-state index in [9.17, 15) is 4.79 Å². The molecule has 4 aromatic rings. The van der Waals surface area contributed by atoms with Gasteiger partial charge in [0.2, 0.25) is 5.91 Å². The molecule has 0 unspecified atom stereocenters. The van der Waals surface area contributed by atoms with Gasteiger partial charge < -0.3 is 9.88 Å². The summed E-state index contributed by atoms with van der Waals surface area (Å²) in [7, 11) is 0. The number of amides is 1. The van der Waals surface area contributed by atoms with Gasteiger partial charge in [0.25, 0.3) is 0 Å². The zero-order valence-corrected chi connectivity index (χ0v) is 15.0. The molecule has 4 heteroatoms. The standard InChI is InChI=1S/C23H21N3O/c27-23(25-22-12-6-7-15-24-22)14-13-19-17-26(16-18-8-2-1-3-9-18)21-11-5-4-10-20(19)21/h1-12,15,17H,13-14,16H2,(H,24,25,27). The third-order valence-electron chi connectivity index (χ3n) is 4.62. The molecule has 2 heterocycles. The molecule has 0 aliphatic heterocycles. The fraction of sp³-hybridized carbons (Fsp3) is 0.130. The van der Waals surface area contributed by atoms with Gasteiger partial charge in [-0.1, -0.05) is 54.6 Å². The molecular formula is C23H21N3O. The first kappa shape index (κ1) is 17.0. The lowest BCUT2D eigenvalue weighted by Gasteiger charge is -2.05. The van der Waals surface area contributed by atoms with E-state index in [1.807, 2.05) is 24.3 Å². The van der Waals surface area contributed by atoms with Gasteiger partial charge in [-0.3, -0.25) is 4.79 Å². The number of nitrogens with one attached hydrogen (secondary N) is 1. The van der Waals surface area contributed by atoms with E-state index in [0.29, 0.717) is 18.7 Å². The largest absolute Gasteiger partial charge is 0.343 e. The Hall–Kier alpha value is -3.40. The van der Waals surface area contributed by atoms with E-state index in [1.165, 1.54) is 22.0 Å². The maximum atomic E-state index is 12.3. The van der Waals surface area contributed by atoms with Crippen molar-refractivity contribution in [2.45, 2.75) is 19.4 Å². The van der Waals surface area contributed by atoms with Crippen LogP contribution in [0.25, 0.3) is 10.9 Å². The van der Waals surface area contributed by atoms with Crippen molar-refractivity contribution >= 4 is 22.6 Å². The number of anilines is 1. The second-order valence-electron chi connectivity index (χ2n) is 6.55. The fourth-order valence-electron chi connectivity index (χ4n) is 3.32. The van der Waals surface area contributed by atoms with Crippen molar-refractivity contribution in [2.75, 3.05) is 5.32 Å². The lowest BCUT2D eigenvalue weighted by molar-refractivity contribution is -0.116. The van der Waals surface area contributed by atoms with Crippen LogP contribution in [-0.4, -0.2) is 15.5 Å². The Morgan fingerprint density at radius 2 is 1.70 bits per heavy atom. The van der Waals surface area contributed by atoms with Gasteiger partial charge in [-0.05, 0) is 35.7 Å². The van der Waals surface area contributed by atoms with Crippen LogP contribution >= 0.6 is 0 Å². The summed E-state index contributed by atoms with van der Waals surface area (Å²) in [5, 5.41) is 4.06. The summed E-state index contributed by atoms with van der Waals surface area (Å²) in [5.74, 6) is 0.572. The average Bonchev–Trinajstić information content (AvgIpc) is 3.06. The van der Waals surface area contributed by atoms with Crippen LogP contribution in [0.1, 0.15) is 17.5 Å². The second-order valence-corrected chi connectivity index (χ2v) is 6.55. The Bertz CT molecular complexity index is 1040. The highest BCUT2D eigenvalue weighted by atomic mass is 16.1. The van der Waals surface area contributed by atoms with Gasteiger partial charge in [-0.25, -0.2) is 4.98 Å². The summed E-state index contributed by atoms with van der Waals surface area (Å²) < 4.78 is 2.26. The Labute approximate surface area is 158 Å². The van der Waals surface area contributed by atoms with Gasteiger partial charge in [0, 0.05) is 36.3 Å². The minimum Gasteiger partial charge on any atom is -0.343 e. The van der Waals surface area contributed by atoms with Crippen molar-refractivity contribution in [1.29, 1.82) is 0 Å². The molecule has 0 saturated carbocycles. The SMILES string of the molecule is O=C(CCc1cn(Cc2ccccc2)c2ccccc12)Nc1ccccn1. The molecule has 2 aromatic heterocycles. The topological polar surface area (TPSA) is 46.9 Å². The highest BCUT2D eigenvalue weighted by molar-refractivity contribution is 5.90. The Morgan fingerprint density at radius 3 is 2.52 bits per heavy atom. The molecule has 134 valence electrons. The van der Waals surface area contributed by atoms with Gasteiger partial charge in [-0.2, -0.15) is 0 Å². The van der Waals surface area contributed by atoms with E-state index in [-0.39, 0.29) is 5.91 Å². The highest BCUT2D eigenvalue weighted by Crippen LogP contribution is 2.23. The summed E-state index contributed by atoms with van der Waals surface area (Å²) in [6.45, 7) is 0.821. The summed E-state index contributed by atoms with van der Waals surface area (Å²) >= 11 is 0. The monoisotopic (exact) mass is 355 g/mol. The Morgan fingerprint density at radius 1 is 0.926 bits per heavy atom. The number of pyridine rings is 1. The summed E-state index contributed by atoms with van der Waals surface area (Å²) in [5.41, 5.74) is 3.65. The van der Waals surface area contributed by atoms with Crippen molar-refractivity contribution in [2.24, 2.45) is 0 Å². The zero-order valence-electron chi connectivity index (χ0n) is 15.0. The van der Waals surface area contributed by atoms with E-state index in [0.717, 1.165) is 6.54 Å². The van der Waals surface area contributed by atoms with Crippen LogP contribution in [0.3, 0.4) is 0 Å². The van der Waals surface area contributed by atoms with Gasteiger partial charge in [0.1, 0.15) is 5.82 Å². The molecule has 0 aliphatic rings. The van der Waals surface area contributed by atoms with Crippen molar-refractivity contribution in [3.8, 4) is 0 Å². The maximum Gasteiger partial charge on any atom is 0.225 e. The molecule has 27 heavy (non-hydrogen) atoms. The zero-order chi connectivity index (χ0) is 18.5. The highest BCUT2D eigenvalue weighted by Gasteiger charge is 2.11. The number of carbonyl (C=O) groups excluding carboxylic acids is 1. The molecule has 4 nitrogen and oxygen atoms in total. The summed E-state index contributed by atoms with van der Waals surface area (Å²) in [4.78, 5) is 16.4. The number of aryl methyl sites for hydroxylation is 1. The molecule has 0 bridgehead atoms. The quantitative estimate of drug-likeness (QED) is 0.547. The summed E-state index contributed by atoms with van der Waals surface area (Å²) in [6, 6.07) is 24.3. The van der Waals surface area contributed by atoms with Crippen LogP contribution in [-0.2, 0) is 17.8 Å². The molecule has 0 atom stereocenters. The third kappa shape index (κ3) is 4.06. The second kappa shape index (κ2) is 7.87. The molecule has 1 N–H and O–H groups in total. The number of benzene rings is 2. The first-order valence-electron chi connectivity index (χ1n) is 9.11. The number of aromatic nitrogens is 2. The first-order valence-corrected chi connectivity index (χ1v) is 9.11. The number of nitrogens with zero attached hydrogens (tertiary/aromatic N) is 2. The molecule has 0 saturated heterocycles. The average molecular weight is 355 g/mol. The number of rotatable bonds is 6. The number of fused-ring (bicyclic) bond motifs is 1. The van der Waals surface area contributed by atoms with Gasteiger partial charge >= 0.3 is 0 Å². The number of hydrogen-bond acceptors (Lipinski definition) is 2. The van der Waals surface area contributed by atoms with Gasteiger partial charge in [0.05, 0.1) is 0 Å². The van der Waals surface area contributed by atoms with Crippen LogP contribution in [0, 0.1) is 0 Å². The summed E-state index contributed by atoms with van der Waals surface area (Å²) in [6.07, 6.45) is 4.97. The van der Waals surface area contributed by atoms with Crippen LogP contribution in [0.4, 0.5) is 5.82 Å². The normalized spacial score (nSPS) is 10.8. The minimum atomic E-state index is -0.0198. The van der Waals surface area contributed by atoms with Crippen LogP contribution in [0.15, 0.2) is 85.2 Å². The third-order valence-corrected chi connectivity index (χ3v) is 4.62. The predicted molar refractivity (Wildman–Crippen MR) is 109 cm³/mol. The van der Waals surface area contributed by atoms with Crippen molar-refractivity contribution in [3.63, 3.8) is 0 Å². The molecule has 0 fully saturated rings. The van der Waals surface area contributed by atoms with E-state index in [4.69, 9.17) is 0 Å². The van der Waals surface area contributed by atoms with E-state index in [2.05, 4.69) is 63.5 Å². The van der Waals surface area contributed by atoms with Gasteiger partial charge in [-0.15, -0.1) is 0 Å². The number of para-hydroxylation sites is 1. The number of carbonyl (C=O) groups is 1. The van der Waals surface area contributed by atoms with Crippen LogP contribution < -0.4 is 5.32 Å². The van der Waals surface area contributed by atoms with Crippen molar-refractivity contribution < 1.29 is 4.79 Å². The molecular weight excluding hydrogens is 334 g/mol. The van der Waals surface area contributed by atoms with Crippen molar-refractivity contribution in [1.82, 2.24) is 9.55 Å². The lowest BCUT2D eigenvalue weighted by atomic mass is 10.1. The molecule has 0 spiro atoms.